The van der Waals surface area contributed by atoms with Gasteiger partial charge in [0.15, 0.2) is 9.84 Å². The Morgan fingerprint density at radius 2 is 1.45 bits per heavy atom. The average Bonchev–Trinajstić information content (AvgIpc) is 2.67. The number of hydrogen-bond donors (Lipinski definition) is 3. The Bertz CT molecular complexity index is 1120. The zero-order valence-electron chi connectivity index (χ0n) is 16.1. The van der Waals surface area contributed by atoms with E-state index in [1.54, 1.807) is 43.3 Å². The monoisotopic (exact) mass is 410 g/mol. The van der Waals surface area contributed by atoms with Crippen LogP contribution in [0, 0.1) is 13.8 Å². The number of amides is 2. The highest BCUT2D eigenvalue weighted by atomic mass is 32.2. The minimum atomic E-state index is -3.63. The third-order valence-electron chi connectivity index (χ3n) is 4.38. The minimum absolute atomic E-state index is 0.0770. The number of urea groups is 1. The maximum Gasteiger partial charge on any atom is 0.323 e. The van der Waals surface area contributed by atoms with Crippen LogP contribution < -0.4 is 10.6 Å². The lowest BCUT2D eigenvalue weighted by molar-refractivity contribution is 0.262. The second kappa shape index (κ2) is 8.36. The molecular weight excluding hydrogens is 388 g/mol. The maximum absolute atomic E-state index is 12.9. The van der Waals surface area contributed by atoms with Crippen LogP contribution in [0.5, 0.6) is 5.75 Å². The van der Waals surface area contributed by atoms with E-state index in [4.69, 9.17) is 0 Å². The molecule has 0 radical (unpaired) electrons. The van der Waals surface area contributed by atoms with Crippen LogP contribution in [-0.4, -0.2) is 19.6 Å². The van der Waals surface area contributed by atoms with E-state index in [0.29, 0.717) is 22.5 Å². The Kier molecular flexibility index (Phi) is 5.89. The minimum Gasteiger partial charge on any atom is -0.508 e. The summed E-state index contributed by atoms with van der Waals surface area (Å²) in [5.74, 6) is -0.124. The normalized spacial score (nSPS) is 11.1. The fraction of sp³-hybridized carbons (Fsp3) is 0.136. The van der Waals surface area contributed by atoms with E-state index < -0.39 is 15.9 Å². The summed E-state index contributed by atoms with van der Waals surface area (Å²) >= 11 is 0. The average molecular weight is 410 g/mol. The number of carbonyl (C=O) groups is 1. The lowest BCUT2D eigenvalue weighted by Crippen LogP contribution is -2.19. The van der Waals surface area contributed by atoms with E-state index in [1.807, 2.05) is 19.1 Å². The number of phenolic OH excluding ortho intramolecular Hbond substituents is 1. The van der Waals surface area contributed by atoms with E-state index in [9.17, 15) is 18.3 Å². The highest BCUT2D eigenvalue weighted by molar-refractivity contribution is 7.90. The van der Waals surface area contributed by atoms with Gasteiger partial charge >= 0.3 is 6.03 Å². The zero-order valence-corrected chi connectivity index (χ0v) is 17.0. The summed E-state index contributed by atoms with van der Waals surface area (Å²) in [6.45, 7) is 3.66. The first kappa shape index (κ1) is 20.4. The number of benzene rings is 3. The van der Waals surface area contributed by atoms with Gasteiger partial charge in [-0.3, -0.25) is 0 Å². The molecule has 3 aromatic rings. The van der Waals surface area contributed by atoms with E-state index in [1.165, 1.54) is 18.2 Å². The van der Waals surface area contributed by atoms with Gasteiger partial charge in [-0.05, 0) is 61.4 Å². The van der Waals surface area contributed by atoms with Crippen molar-refractivity contribution in [1.29, 1.82) is 0 Å². The first-order valence-electron chi connectivity index (χ1n) is 8.99. The molecule has 3 aromatic carbocycles. The van der Waals surface area contributed by atoms with E-state index >= 15 is 0 Å². The Morgan fingerprint density at radius 1 is 0.862 bits per heavy atom. The number of nitrogens with one attached hydrogen (secondary N) is 2. The predicted octanol–water partition coefficient (Wildman–Crippen LogP) is 4.63. The molecule has 2 amide bonds. The molecule has 0 spiro atoms. The molecular formula is C22H22N2O4S. The van der Waals surface area contributed by atoms with Crippen molar-refractivity contribution in [3.63, 3.8) is 0 Å². The summed E-state index contributed by atoms with van der Waals surface area (Å²) in [5.41, 5.74) is 3.26. The van der Waals surface area contributed by atoms with Crippen LogP contribution in [0.15, 0.2) is 71.6 Å². The number of aryl methyl sites for hydroxylation is 2. The summed E-state index contributed by atoms with van der Waals surface area (Å²) in [7, 11) is -3.63. The summed E-state index contributed by atoms with van der Waals surface area (Å²) in [6, 6.07) is 17.7. The van der Waals surface area contributed by atoms with Crippen LogP contribution in [0.25, 0.3) is 0 Å². The zero-order chi connectivity index (χ0) is 21.0. The van der Waals surface area contributed by atoms with Crippen LogP contribution in [0.3, 0.4) is 0 Å². The van der Waals surface area contributed by atoms with E-state index in [0.717, 1.165) is 5.56 Å². The molecule has 0 aromatic heterocycles. The summed E-state index contributed by atoms with van der Waals surface area (Å²) in [5, 5.41) is 14.7. The smallest absolute Gasteiger partial charge is 0.323 e. The van der Waals surface area contributed by atoms with Gasteiger partial charge in [-0.1, -0.05) is 35.9 Å². The van der Waals surface area contributed by atoms with Crippen LogP contribution in [0.4, 0.5) is 16.2 Å². The van der Waals surface area contributed by atoms with Crippen molar-refractivity contribution < 1.29 is 18.3 Å². The van der Waals surface area contributed by atoms with Crippen molar-refractivity contribution >= 4 is 27.2 Å². The number of aromatic hydroxyl groups is 1. The topological polar surface area (TPSA) is 95.5 Å². The number of sulfone groups is 1. The molecule has 0 aliphatic carbocycles. The molecule has 0 saturated heterocycles. The van der Waals surface area contributed by atoms with Gasteiger partial charge in [-0.2, -0.15) is 0 Å². The van der Waals surface area contributed by atoms with Crippen LogP contribution in [-0.2, 0) is 15.6 Å². The molecule has 150 valence electrons. The lowest BCUT2D eigenvalue weighted by atomic mass is 10.2. The standard InChI is InChI=1S/C22H22N2O4S/c1-15-3-8-18(9-4-15)23-22(26)24-19-10-5-16(2)21(13-19)29(27,28)14-17-6-11-20(25)12-7-17/h3-13,25H,14H2,1-2H3,(H2,23,24,26). The molecule has 0 aliphatic rings. The van der Waals surface area contributed by atoms with Crippen molar-refractivity contribution in [2.45, 2.75) is 24.5 Å². The van der Waals surface area contributed by atoms with Gasteiger partial charge in [0.25, 0.3) is 0 Å². The molecule has 3 N–H and O–H groups in total. The molecule has 0 heterocycles. The molecule has 0 bridgehead atoms. The summed E-state index contributed by atoms with van der Waals surface area (Å²) in [4.78, 5) is 12.4. The second-order valence-electron chi connectivity index (χ2n) is 6.85. The van der Waals surface area contributed by atoms with Gasteiger partial charge in [0, 0.05) is 11.4 Å². The van der Waals surface area contributed by atoms with Crippen LogP contribution in [0.2, 0.25) is 0 Å². The molecule has 0 aliphatic heterocycles. The van der Waals surface area contributed by atoms with Gasteiger partial charge in [0.05, 0.1) is 10.6 Å². The van der Waals surface area contributed by atoms with Crippen molar-refractivity contribution in [2.24, 2.45) is 0 Å². The first-order chi connectivity index (χ1) is 13.7. The summed E-state index contributed by atoms with van der Waals surface area (Å²) < 4.78 is 25.8. The van der Waals surface area contributed by atoms with Gasteiger partial charge in [-0.25, -0.2) is 13.2 Å². The van der Waals surface area contributed by atoms with Crippen molar-refractivity contribution in [3.8, 4) is 5.75 Å². The van der Waals surface area contributed by atoms with Crippen molar-refractivity contribution in [2.75, 3.05) is 10.6 Å². The fourth-order valence-electron chi connectivity index (χ4n) is 2.83. The Balaban J connectivity index is 1.77. The number of carbonyl (C=O) groups excluding carboxylic acids is 1. The third kappa shape index (κ3) is 5.36. The molecule has 3 rings (SSSR count). The number of rotatable bonds is 5. The van der Waals surface area contributed by atoms with Gasteiger partial charge in [0.2, 0.25) is 0 Å². The molecule has 0 fully saturated rings. The molecule has 0 unspecified atom stereocenters. The van der Waals surface area contributed by atoms with Gasteiger partial charge < -0.3 is 15.7 Å². The van der Waals surface area contributed by atoms with E-state index in [-0.39, 0.29) is 16.4 Å². The molecule has 0 saturated carbocycles. The second-order valence-corrected chi connectivity index (χ2v) is 8.81. The number of phenols is 1. The lowest BCUT2D eigenvalue weighted by Gasteiger charge is -2.12. The predicted molar refractivity (Wildman–Crippen MR) is 114 cm³/mol. The fourth-order valence-corrected chi connectivity index (χ4v) is 4.48. The highest BCUT2D eigenvalue weighted by Crippen LogP contribution is 2.25. The number of anilines is 2. The number of hydrogen-bond acceptors (Lipinski definition) is 4. The van der Waals surface area contributed by atoms with Crippen LogP contribution >= 0.6 is 0 Å². The Morgan fingerprint density at radius 3 is 2.10 bits per heavy atom. The van der Waals surface area contributed by atoms with E-state index in [2.05, 4.69) is 10.6 Å². The quantitative estimate of drug-likeness (QED) is 0.572. The SMILES string of the molecule is Cc1ccc(NC(=O)Nc2ccc(C)c(S(=O)(=O)Cc3ccc(O)cc3)c2)cc1. The third-order valence-corrected chi connectivity index (χ3v) is 6.21. The maximum atomic E-state index is 12.9. The van der Waals surface area contributed by atoms with Gasteiger partial charge in [-0.15, -0.1) is 0 Å². The molecule has 0 atom stereocenters. The van der Waals surface area contributed by atoms with Crippen LogP contribution in [0.1, 0.15) is 16.7 Å². The Hall–Kier alpha value is -3.32. The molecule has 29 heavy (non-hydrogen) atoms. The van der Waals surface area contributed by atoms with Crippen molar-refractivity contribution in [3.05, 3.63) is 83.4 Å². The first-order valence-corrected chi connectivity index (χ1v) is 10.6. The highest BCUT2D eigenvalue weighted by Gasteiger charge is 2.19. The van der Waals surface area contributed by atoms with Crippen molar-refractivity contribution in [1.82, 2.24) is 0 Å². The largest absolute Gasteiger partial charge is 0.508 e. The Labute approximate surface area is 170 Å². The molecule has 6 nitrogen and oxygen atoms in total. The van der Waals surface area contributed by atoms with Gasteiger partial charge in [0.1, 0.15) is 5.75 Å². The molecule has 7 heteroatoms. The summed E-state index contributed by atoms with van der Waals surface area (Å²) in [6.07, 6.45) is 0.